The standard InChI is InChI=1S/C14H20N2O4S/c1-21(20)9-5-8-15-14(19)16-12(10-13(17)18)11-6-3-2-4-7-11/h2-4,6-7,12H,5,8-10H2,1H3,(H,17,18)(H2,15,16,19). The zero-order valence-corrected chi connectivity index (χ0v) is 12.7. The van der Waals surface area contributed by atoms with Gasteiger partial charge in [0.15, 0.2) is 0 Å². The molecule has 0 aliphatic rings. The molecular weight excluding hydrogens is 292 g/mol. The molecule has 0 aromatic heterocycles. The number of hydrogen-bond acceptors (Lipinski definition) is 3. The molecule has 1 aromatic rings. The Morgan fingerprint density at radius 1 is 1.29 bits per heavy atom. The van der Waals surface area contributed by atoms with Crippen LogP contribution in [0.3, 0.4) is 0 Å². The average Bonchev–Trinajstić information content (AvgIpc) is 2.43. The Kier molecular flexibility index (Phi) is 7.45. The molecule has 6 nitrogen and oxygen atoms in total. The zero-order chi connectivity index (χ0) is 15.7. The SMILES string of the molecule is CS(=O)CCCNC(=O)NC(CC(=O)O)c1ccccc1. The van der Waals surface area contributed by atoms with Crippen molar-refractivity contribution in [3.8, 4) is 0 Å². The van der Waals surface area contributed by atoms with Crippen LogP contribution < -0.4 is 10.6 Å². The Labute approximate surface area is 126 Å². The van der Waals surface area contributed by atoms with E-state index >= 15 is 0 Å². The lowest BCUT2D eigenvalue weighted by molar-refractivity contribution is -0.137. The molecule has 0 spiro atoms. The van der Waals surface area contributed by atoms with Gasteiger partial charge in [-0.2, -0.15) is 0 Å². The van der Waals surface area contributed by atoms with E-state index in [1.807, 2.05) is 6.07 Å². The first kappa shape index (κ1) is 17.2. The Morgan fingerprint density at radius 2 is 1.95 bits per heavy atom. The van der Waals surface area contributed by atoms with E-state index in [9.17, 15) is 13.8 Å². The minimum absolute atomic E-state index is 0.184. The molecule has 0 aliphatic carbocycles. The molecule has 7 heteroatoms. The number of benzene rings is 1. The van der Waals surface area contributed by atoms with Crippen molar-refractivity contribution in [2.45, 2.75) is 18.9 Å². The molecule has 0 saturated heterocycles. The highest BCUT2D eigenvalue weighted by Gasteiger charge is 2.17. The van der Waals surface area contributed by atoms with Crippen molar-refractivity contribution in [1.82, 2.24) is 10.6 Å². The van der Waals surface area contributed by atoms with Crippen molar-refractivity contribution >= 4 is 22.8 Å². The zero-order valence-electron chi connectivity index (χ0n) is 11.9. The summed E-state index contributed by atoms with van der Waals surface area (Å²) in [6.45, 7) is 0.403. The van der Waals surface area contributed by atoms with Gasteiger partial charge in [-0.3, -0.25) is 9.00 Å². The number of urea groups is 1. The minimum atomic E-state index is -0.981. The van der Waals surface area contributed by atoms with E-state index in [1.165, 1.54) is 0 Å². The highest BCUT2D eigenvalue weighted by atomic mass is 32.2. The molecule has 1 aromatic carbocycles. The molecule has 3 N–H and O–H groups in total. The molecule has 0 saturated carbocycles. The number of carbonyl (C=O) groups excluding carboxylic acids is 1. The third kappa shape index (κ3) is 7.45. The van der Waals surface area contributed by atoms with Crippen LogP contribution in [0.5, 0.6) is 0 Å². The van der Waals surface area contributed by atoms with Crippen molar-refractivity contribution in [2.75, 3.05) is 18.6 Å². The van der Waals surface area contributed by atoms with Gasteiger partial charge in [-0.15, -0.1) is 0 Å². The van der Waals surface area contributed by atoms with Crippen LogP contribution in [0, 0.1) is 0 Å². The van der Waals surface area contributed by atoms with Crippen LogP contribution in [0.15, 0.2) is 30.3 Å². The van der Waals surface area contributed by atoms with E-state index in [0.29, 0.717) is 18.7 Å². The molecule has 0 radical (unpaired) electrons. The Hall–Kier alpha value is -1.89. The van der Waals surface area contributed by atoms with E-state index in [2.05, 4.69) is 10.6 Å². The number of rotatable bonds is 8. The third-order valence-corrected chi connectivity index (χ3v) is 3.64. The lowest BCUT2D eigenvalue weighted by atomic mass is 10.0. The number of aliphatic carboxylic acids is 1. The molecule has 21 heavy (non-hydrogen) atoms. The van der Waals surface area contributed by atoms with E-state index in [4.69, 9.17) is 5.11 Å². The highest BCUT2D eigenvalue weighted by molar-refractivity contribution is 7.84. The maximum atomic E-state index is 11.8. The number of carboxylic acids is 1. The van der Waals surface area contributed by atoms with Gasteiger partial charge in [0.1, 0.15) is 0 Å². The van der Waals surface area contributed by atoms with Gasteiger partial charge < -0.3 is 15.7 Å². The summed E-state index contributed by atoms with van der Waals surface area (Å²) in [5.74, 6) is -0.456. The molecular formula is C14H20N2O4S. The molecule has 1 rings (SSSR count). The molecule has 0 fully saturated rings. The largest absolute Gasteiger partial charge is 0.481 e. The fourth-order valence-corrected chi connectivity index (χ4v) is 2.35. The average molecular weight is 312 g/mol. The number of amides is 2. The number of hydrogen-bond donors (Lipinski definition) is 3. The van der Waals surface area contributed by atoms with Gasteiger partial charge in [0.25, 0.3) is 0 Å². The van der Waals surface area contributed by atoms with Crippen LogP contribution in [0.4, 0.5) is 4.79 Å². The van der Waals surface area contributed by atoms with Crippen LogP contribution in [-0.2, 0) is 15.6 Å². The second-order valence-electron chi connectivity index (χ2n) is 4.59. The summed E-state index contributed by atoms with van der Waals surface area (Å²) in [6.07, 6.45) is 2.04. The quantitative estimate of drug-likeness (QED) is 0.630. The first-order valence-corrected chi connectivity index (χ1v) is 8.33. The van der Waals surface area contributed by atoms with Gasteiger partial charge in [0.05, 0.1) is 12.5 Å². The monoisotopic (exact) mass is 312 g/mol. The Balaban J connectivity index is 2.51. The minimum Gasteiger partial charge on any atom is -0.481 e. The van der Waals surface area contributed by atoms with Gasteiger partial charge in [0, 0.05) is 29.4 Å². The van der Waals surface area contributed by atoms with Crippen molar-refractivity contribution < 1.29 is 18.9 Å². The number of carboxylic acid groups (broad SMARTS) is 1. The van der Waals surface area contributed by atoms with E-state index in [0.717, 1.165) is 5.56 Å². The molecule has 0 aliphatic heterocycles. The lowest BCUT2D eigenvalue weighted by Crippen LogP contribution is -2.39. The van der Waals surface area contributed by atoms with Crippen molar-refractivity contribution in [3.05, 3.63) is 35.9 Å². The number of carbonyl (C=O) groups is 2. The molecule has 0 heterocycles. The first-order valence-electron chi connectivity index (χ1n) is 6.60. The smallest absolute Gasteiger partial charge is 0.315 e. The second-order valence-corrected chi connectivity index (χ2v) is 6.15. The molecule has 2 atom stereocenters. The Morgan fingerprint density at radius 3 is 2.52 bits per heavy atom. The number of nitrogens with one attached hydrogen (secondary N) is 2. The predicted molar refractivity (Wildman–Crippen MR) is 81.5 cm³/mol. The topological polar surface area (TPSA) is 95.5 Å². The fourth-order valence-electron chi connectivity index (χ4n) is 1.80. The lowest BCUT2D eigenvalue weighted by Gasteiger charge is -2.17. The van der Waals surface area contributed by atoms with Crippen LogP contribution in [0.2, 0.25) is 0 Å². The van der Waals surface area contributed by atoms with Crippen LogP contribution in [-0.4, -0.2) is 39.9 Å². The summed E-state index contributed by atoms with van der Waals surface area (Å²) in [7, 11) is -0.878. The molecule has 2 amide bonds. The summed E-state index contributed by atoms with van der Waals surface area (Å²) in [4.78, 5) is 22.7. The predicted octanol–water partition coefficient (Wildman–Crippen LogP) is 1.27. The summed E-state index contributed by atoms with van der Waals surface area (Å²) >= 11 is 0. The van der Waals surface area contributed by atoms with Crippen LogP contribution in [0.25, 0.3) is 0 Å². The normalized spacial score (nSPS) is 13.2. The van der Waals surface area contributed by atoms with Crippen molar-refractivity contribution in [2.24, 2.45) is 0 Å². The van der Waals surface area contributed by atoms with Gasteiger partial charge >= 0.3 is 12.0 Å². The maximum absolute atomic E-state index is 11.8. The van der Waals surface area contributed by atoms with Gasteiger partial charge in [-0.25, -0.2) is 4.79 Å². The second kappa shape index (κ2) is 9.12. The highest BCUT2D eigenvalue weighted by Crippen LogP contribution is 2.16. The summed E-state index contributed by atoms with van der Waals surface area (Å²) in [5, 5.41) is 14.2. The Bertz CT molecular complexity index is 493. The summed E-state index contributed by atoms with van der Waals surface area (Å²) in [5.41, 5.74) is 0.740. The summed E-state index contributed by atoms with van der Waals surface area (Å²) in [6, 6.07) is 7.95. The van der Waals surface area contributed by atoms with Crippen LogP contribution >= 0.6 is 0 Å². The molecule has 2 unspecified atom stereocenters. The summed E-state index contributed by atoms with van der Waals surface area (Å²) < 4.78 is 10.9. The van der Waals surface area contributed by atoms with Crippen LogP contribution in [0.1, 0.15) is 24.4 Å². The fraction of sp³-hybridized carbons (Fsp3) is 0.429. The third-order valence-electron chi connectivity index (χ3n) is 2.78. The van der Waals surface area contributed by atoms with E-state index in [-0.39, 0.29) is 6.42 Å². The van der Waals surface area contributed by atoms with Crippen molar-refractivity contribution in [3.63, 3.8) is 0 Å². The first-order chi connectivity index (χ1) is 9.99. The van der Waals surface area contributed by atoms with Gasteiger partial charge in [-0.1, -0.05) is 30.3 Å². The van der Waals surface area contributed by atoms with Gasteiger partial charge in [-0.05, 0) is 12.0 Å². The van der Waals surface area contributed by atoms with E-state index in [1.54, 1.807) is 30.5 Å². The molecule has 0 bridgehead atoms. The molecule has 116 valence electrons. The van der Waals surface area contributed by atoms with E-state index < -0.39 is 28.8 Å². The van der Waals surface area contributed by atoms with Crippen molar-refractivity contribution in [1.29, 1.82) is 0 Å². The van der Waals surface area contributed by atoms with Gasteiger partial charge in [0.2, 0.25) is 0 Å². The maximum Gasteiger partial charge on any atom is 0.315 e.